The highest BCUT2D eigenvalue weighted by Crippen LogP contribution is 1.97. The third-order valence-electron chi connectivity index (χ3n) is 2.13. The summed E-state index contributed by atoms with van der Waals surface area (Å²) in [6.07, 6.45) is 0.0302. The van der Waals surface area contributed by atoms with Crippen molar-refractivity contribution in [3.8, 4) is 0 Å². The zero-order chi connectivity index (χ0) is 9.68. The minimum atomic E-state index is -0.338. The van der Waals surface area contributed by atoms with E-state index >= 15 is 0 Å². The second-order valence-corrected chi connectivity index (χ2v) is 3.37. The van der Waals surface area contributed by atoms with Crippen LogP contribution in [0.3, 0.4) is 0 Å². The highest BCUT2D eigenvalue weighted by atomic mass is 16.3. The number of carbonyl (C=O) groups excluding carboxylic acids is 1. The van der Waals surface area contributed by atoms with Gasteiger partial charge in [0.2, 0.25) is 5.91 Å². The zero-order valence-electron chi connectivity index (χ0n) is 7.70. The van der Waals surface area contributed by atoms with E-state index in [1.54, 1.807) is 0 Å². The summed E-state index contributed by atoms with van der Waals surface area (Å²) in [5.41, 5.74) is 5.04. The second kappa shape index (κ2) is 5.16. The Morgan fingerprint density at radius 3 is 3.15 bits per heavy atom. The lowest BCUT2D eigenvalue weighted by atomic mass is 10.3. The first kappa shape index (κ1) is 10.4. The number of nitrogens with zero attached hydrogens (tertiary/aromatic N) is 1. The first-order valence-electron chi connectivity index (χ1n) is 4.58. The average molecular weight is 187 g/mol. The van der Waals surface area contributed by atoms with Gasteiger partial charge in [0.1, 0.15) is 0 Å². The lowest BCUT2D eigenvalue weighted by Crippen LogP contribution is -2.35. The number of amides is 1. The van der Waals surface area contributed by atoms with Crippen LogP contribution in [-0.2, 0) is 4.79 Å². The molecule has 1 amide bonds. The number of aliphatic hydroxyl groups excluding tert-OH is 1. The van der Waals surface area contributed by atoms with Crippen LogP contribution in [0.5, 0.6) is 0 Å². The molecule has 0 aliphatic carbocycles. The van der Waals surface area contributed by atoms with Crippen molar-refractivity contribution in [1.82, 2.24) is 10.2 Å². The van der Waals surface area contributed by atoms with E-state index in [-0.39, 0.29) is 12.0 Å². The van der Waals surface area contributed by atoms with Crippen LogP contribution in [0.1, 0.15) is 6.42 Å². The van der Waals surface area contributed by atoms with Crippen molar-refractivity contribution < 1.29 is 9.90 Å². The summed E-state index contributed by atoms with van der Waals surface area (Å²) in [6, 6.07) is 0. The Balaban J connectivity index is 2.26. The monoisotopic (exact) mass is 187 g/mol. The normalized spacial score (nSPS) is 25.5. The molecule has 0 radical (unpaired) electrons. The van der Waals surface area contributed by atoms with Gasteiger partial charge in [-0.2, -0.15) is 0 Å². The Morgan fingerprint density at radius 1 is 1.69 bits per heavy atom. The number of primary amides is 1. The molecule has 1 fully saturated rings. The van der Waals surface area contributed by atoms with Gasteiger partial charge in [0, 0.05) is 39.1 Å². The first-order valence-corrected chi connectivity index (χ1v) is 4.58. The Labute approximate surface area is 77.9 Å². The lowest BCUT2D eigenvalue weighted by Gasteiger charge is -2.20. The van der Waals surface area contributed by atoms with E-state index in [2.05, 4.69) is 10.2 Å². The fraction of sp³-hybridized carbons (Fsp3) is 0.875. The summed E-state index contributed by atoms with van der Waals surface area (Å²) in [4.78, 5) is 12.6. The Hall–Kier alpha value is -0.650. The maximum atomic E-state index is 10.5. The Kier molecular flexibility index (Phi) is 4.14. The van der Waals surface area contributed by atoms with Crippen molar-refractivity contribution in [3.05, 3.63) is 0 Å². The van der Waals surface area contributed by atoms with Crippen LogP contribution in [0, 0.1) is 0 Å². The van der Waals surface area contributed by atoms with Gasteiger partial charge < -0.3 is 16.2 Å². The molecule has 1 rings (SSSR count). The second-order valence-electron chi connectivity index (χ2n) is 3.37. The van der Waals surface area contributed by atoms with Crippen LogP contribution in [0.4, 0.5) is 0 Å². The third-order valence-corrected chi connectivity index (χ3v) is 2.13. The number of hydrogen-bond acceptors (Lipinski definition) is 4. The summed E-state index contributed by atoms with van der Waals surface area (Å²) in [7, 11) is 0. The summed E-state index contributed by atoms with van der Waals surface area (Å²) >= 11 is 0. The minimum absolute atomic E-state index is 0.285. The van der Waals surface area contributed by atoms with Crippen molar-refractivity contribution in [1.29, 1.82) is 0 Å². The van der Waals surface area contributed by atoms with Crippen LogP contribution in [0.25, 0.3) is 0 Å². The van der Waals surface area contributed by atoms with Gasteiger partial charge in [-0.05, 0) is 0 Å². The van der Waals surface area contributed by atoms with Gasteiger partial charge >= 0.3 is 0 Å². The van der Waals surface area contributed by atoms with Crippen LogP contribution in [0.2, 0.25) is 0 Å². The molecule has 0 spiro atoms. The molecule has 1 aliphatic heterocycles. The van der Waals surface area contributed by atoms with Gasteiger partial charge in [0.05, 0.1) is 6.10 Å². The predicted molar refractivity (Wildman–Crippen MR) is 49.1 cm³/mol. The van der Waals surface area contributed by atoms with Gasteiger partial charge in [0.25, 0.3) is 0 Å². The van der Waals surface area contributed by atoms with Crippen molar-refractivity contribution in [2.24, 2.45) is 5.73 Å². The lowest BCUT2D eigenvalue weighted by molar-refractivity contribution is -0.118. The smallest absolute Gasteiger partial charge is 0.218 e. The van der Waals surface area contributed by atoms with Crippen molar-refractivity contribution in [2.45, 2.75) is 12.5 Å². The standard InChI is InChI=1S/C8H17N3O2/c9-8(13)1-3-11-4-2-10-5-7(12)6-11/h7,10,12H,1-6H2,(H2,9,13). The number of rotatable bonds is 3. The number of β-amino-alcohol motifs (C(OH)–C–C–N with tert-alkyl or cyclic N) is 1. The molecule has 1 atom stereocenters. The SMILES string of the molecule is NC(=O)CCN1CCNCC(O)C1. The molecule has 1 aliphatic rings. The van der Waals surface area contributed by atoms with E-state index in [1.165, 1.54) is 0 Å². The topological polar surface area (TPSA) is 78.6 Å². The van der Waals surface area contributed by atoms with Crippen molar-refractivity contribution >= 4 is 5.91 Å². The largest absolute Gasteiger partial charge is 0.390 e. The number of carbonyl (C=O) groups is 1. The molecule has 1 unspecified atom stereocenters. The molecular formula is C8H17N3O2. The molecule has 5 nitrogen and oxygen atoms in total. The van der Waals surface area contributed by atoms with Gasteiger partial charge in [-0.3, -0.25) is 9.69 Å². The third kappa shape index (κ3) is 4.21. The summed E-state index contributed by atoms with van der Waals surface area (Å²) in [5.74, 6) is -0.285. The van der Waals surface area contributed by atoms with Gasteiger partial charge in [0.15, 0.2) is 0 Å². The van der Waals surface area contributed by atoms with Crippen LogP contribution >= 0.6 is 0 Å². The fourth-order valence-electron chi connectivity index (χ4n) is 1.43. The highest BCUT2D eigenvalue weighted by Gasteiger charge is 2.15. The highest BCUT2D eigenvalue weighted by molar-refractivity contribution is 5.73. The minimum Gasteiger partial charge on any atom is -0.390 e. The molecule has 0 aromatic rings. The zero-order valence-corrected chi connectivity index (χ0v) is 7.70. The van der Waals surface area contributed by atoms with Crippen molar-refractivity contribution in [3.63, 3.8) is 0 Å². The van der Waals surface area contributed by atoms with E-state index in [0.717, 1.165) is 13.1 Å². The van der Waals surface area contributed by atoms with Gasteiger partial charge in [-0.15, -0.1) is 0 Å². The van der Waals surface area contributed by atoms with Gasteiger partial charge in [-0.1, -0.05) is 0 Å². The summed E-state index contributed by atoms with van der Waals surface area (Å²) < 4.78 is 0. The number of aliphatic hydroxyl groups is 1. The predicted octanol–water partition coefficient (Wildman–Crippen LogP) is -1.87. The fourth-order valence-corrected chi connectivity index (χ4v) is 1.43. The maximum absolute atomic E-state index is 10.5. The molecule has 5 heteroatoms. The van der Waals surface area contributed by atoms with Crippen LogP contribution in [0.15, 0.2) is 0 Å². The number of nitrogens with one attached hydrogen (secondary N) is 1. The molecular weight excluding hydrogens is 170 g/mol. The Bertz CT molecular complexity index is 175. The quantitative estimate of drug-likeness (QED) is 0.483. The van der Waals surface area contributed by atoms with E-state index in [1.807, 2.05) is 0 Å². The molecule has 13 heavy (non-hydrogen) atoms. The molecule has 0 saturated carbocycles. The van der Waals surface area contributed by atoms with Gasteiger partial charge in [-0.25, -0.2) is 0 Å². The Morgan fingerprint density at radius 2 is 2.46 bits per heavy atom. The average Bonchev–Trinajstić information content (AvgIpc) is 2.26. The molecule has 1 heterocycles. The molecule has 0 aromatic heterocycles. The van der Waals surface area contributed by atoms with E-state index in [4.69, 9.17) is 5.73 Å². The molecule has 0 bridgehead atoms. The summed E-state index contributed by atoms with van der Waals surface area (Å²) in [5, 5.41) is 12.5. The first-order chi connectivity index (χ1) is 6.18. The summed E-state index contributed by atoms with van der Waals surface area (Å²) in [6.45, 7) is 3.63. The molecule has 1 saturated heterocycles. The molecule has 4 N–H and O–H groups in total. The number of hydrogen-bond donors (Lipinski definition) is 3. The molecule has 0 aromatic carbocycles. The van der Waals surface area contributed by atoms with E-state index < -0.39 is 0 Å². The maximum Gasteiger partial charge on any atom is 0.218 e. The van der Waals surface area contributed by atoms with E-state index in [0.29, 0.717) is 26.1 Å². The van der Waals surface area contributed by atoms with Crippen LogP contribution in [-0.4, -0.2) is 54.7 Å². The van der Waals surface area contributed by atoms with E-state index in [9.17, 15) is 9.90 Å². The number of nitrogens with two attached hydrogens (primary N) is 1. The van der Waals surface area contributed by atoms with Crippen LogP contribution < -0.4 is 11.1 Å². The molecule has 76 valence electrons. The van der Waals surface area contributed by atoms with Crippen molar-refractivity contribution in [2.75, 3.05) is 32.7 Å².